The third kappa shape index (κ3) is 3.20. The molecule has 0 bridgehead atoms. The number of halogens is 2. The lowest BCUT2D eigenvalue weighted by Gasteiger charge is -2.16. The molecule has 0 heterocycles. The molecule has 16 heavy (non-hydrogen) atoms. The van der Waals surface area contributed by atoms with E-state index in [0.29, 0.717) is 6.54 Å². The second kappa shape index (κ2) is 6.00. The molecule has 1 aromatic rings. The number of rotatable bonds is 4. The second-order valence-corrected chi connectivity index (χ2v) is 5.35. The summed E-state index contributed by atoms with van der Waals surface area (Å²) in [6, 6.07) is 2.02. The lowest BCUT2D eigenvalue weighted by Crippen LogP contribution is -2.23. The highest BCUT2D eigenvalue weighted by Gasteiger charge is 2.11. The Kier molecular flexibility index (Phi) is 5.24. The molecule has 0 saturated carbocycles. The topological polar surface area (TPSA) is 52.5 Å². The molecule has 0 saturated heterocycles. The number of hydrogen-bond donors (Lipinski definition) is 3. The fraction of sp³-hybridized carbons (Fsp3) is 0.455. The molecular formula is C11H15Br2NO2. The summed E-state index contributed by atoms with van der Waals surface area (Å²) in [5.41, 5.74) is 3.24. The van der Waals surface area contributed by atoms with Crippen molar-refractivity contribution in [1.29, 1.82) is 0 Å². The second-order valence-electron chi connectivity index (χ2n) is 3.71. The molecule has 0 aliphatic rings. The first-order valence-corrected chi connectivity index (χ1v) is 6.54. The number of hydrogen-bond acceptors (Lipinski definition) is 3. The van der Waals surface area contributed by atoms with Crippen LogP contribution in [0.5, 0.6) is 0 Å². The molecule has 0 aliphatic carbocycles. The van der Waals surface area contributed by atoms with Crippen LogP contribution in [0.1, 0.15) is 11.1 Å². The first-order valence-electron chi connectivity index (χ1n) is 4.95. The monoisotopic (exact) mass is 351 g/mol. The van der Waals surface area contributed by atoms with E-state index < -0.39 is 6.10 Å². The predicted molar refractivity (Wildman–Crippen MR) is 72.9 cm³/mol. The zero-order valence-corrected chi connectivity index (χ0v) is 12.4. The minimum absolute atomic E-state index is 0.243. The van der Waals surface area contributed by atoms with Gasteiger partial charge in [0.15, 0.2) is 0 Å². The van der Waals surface area contributed by atoms with Crippen molar-refractivity contribution < 1.29 is 10.2 Å². The van der Waals surface area contributed by atoms with Crippen LogP contribution < -0.4 is 5.32 Å². The highest BCUT2D eigenvalue weighted by atomic mass is 79.9. The molecule has 90 valence electrons. The maximum Gasteiger partial charge on any atom is 0.0942 e. The third-order valence-electron chi connectivity index (χ3n) is 2.45. The Labute approximate surface area is 112 Å². The average molecular weight is 353 g/mol. The summed E-state index contributed by atoms with van der Waals surface area (Å²) in [6.07, 6.45) is -0.750. The van der Waals surface area contributed by atoms with Crippen LogP contribution in [0.3, 0.4) is 0 Å². The summed E-state index contributed by atoms with van der Waals surface area (Å²) in [4.78, 5) is 0. The van der Waals surface area contributed by atoms with Crippen LogP contribution in [0, 0.1) is 13.8 Å². The van der Waals surface area contributed by atoms with Gasteiger partial charge in [-0.3, -0.25) is 0 Å². The molecule has 0 aromatic heterocycles. The van der Waals surface area contributed by atoms with Crippen LogP contribution in [0.4, 0.5) is 5.69 Å². The number of anilines is 1. The van der Waals surface area contributed by atoms with Crippen molar-refractivity contribution >= 4 is 37.5 Å². The van der Waals surface area contributed by atoms with Crippen molar-refractivity contribution in [2.75, 3.05) is 18.5 Å². The van der Waals surface area contributed by atoms with E-state index in [2.05, 4.69) is 37.2 Å². The molecule has 1 atom stereocenters. The van der Waals surface area contributed by atoms with Gasteiger partial charge in [0.25, 0.3) is 0 Å². The first kappa shape index (κ1) is 14.0. The van der Waals surface area contributed by atoms with E-state index in [1.165, 1.54) is 5.56 Å². The quantitative estimate of drug-likeness (QED) is 0.780. The Morgan fingerprint density at radius 3 is 2.56 bits per heavy atom. The van der Waals surface area contributed by atoms with Gasteiger partial charge in [-0.2, -0.15) is 0 Å². The molecule has 0 amide bonds. The van der Waals surface area contributed by atoms with Crippen molar-refractivity contribution in [2.24, 2.45) is 0 Å². The molecule has 0 aliphatic heterocycles. The molecule has 0 fully saturated rings. The number of aliphatic hydroxyl groups excluding tert-OH is 2. The summed E-state index contributed by atoms with van der Waals surface area (Å²) in [5.74, 6) is 0. The zero-order valence-electron chi connectivity index (χ0n) is 9.22. The Hall–Kier alpha value is -0.100. The van der Waals surface area contributed by atoms with Gasteiger partial charge < -0.3 is 15.5 Å². The number of aryl methyl sites for hydroxylation is 1. The van der Waals surface area contributed by atoms with E-state index in [1.807, 2.05) is 19.9 Å². The summed E-state index contributed by atoms with van der Waals surface area (Å²) in [6.45, 7) is 4.14. The molecule has 3 nitrogen and oxygen atoms in total. The molecule has 1 aromatic carbocycles. The smallest absolute Gasteiger partial charge is 0.0942 e. The summed E-state index contributed by atoms with van der Waals surface area (Å²) in [7, 11) is 0. The maximum atomic E-state index is 9.28. The van der Waals surface area contributed by atoms with Gasteiger partial charge >= 0.3 is 0 Å². The van der Waals surface area contributed by atoms with Crippen molar-refractivity contribution in [3.8, 4) is 0 Å². The Morgan fingerprint density at radius 2 is 2.00 bits per heavy atom. The minimum atomic E-state index is -0.750. The van der Waals surface area contributed by atoms with E-state index in [4.69, 9.17) is 5.11 Å². The van der Waals surface area contributed by atoms with Crippen molar-refractivity contribution in [2.45, 2.75) is 20.0 Å². The van der Waals surface area contributed by atoms with Crippen LogP contribution in [-0.4, -0.2) is 29.5 Å². The Bertz CT molecular complexity index is 383. The van der Waals surface area contributed by atoms with E-state index in [9.17, 15) is 5.11 Å². The van der Waals surface area contributed by atoms with Gasteiger partial charge in [-0.25, -0.2) is 0 Å². The number of aliphatic hydroxyl groups is 2. The molecular weight excluding hydrogens is 338 g/mol. The van der Waals surface area contributed by atoms with Gasteiger partial charge in [-0.05, 0) is 62.9 Å². The van der Waals surface area contributed by atoms with E-state index in [1.54, 1.807) is 0 Å². The van der Waals surface area contributed by atoms with Crippen LogP contribution in [0.25, 0.3) is 0 Å². The summed E-state index contributed by atoms with van der Waals surface area (Å²) >= 11 is 6.98. The van der Waals surface area contributed by atoms with E-state index in [0.717, 1.165) is 20.2 Å². The summed E-state index contributed by atoms with van der Waals surface area (Å²) < 4.78 is 1.91. The molecule has 3 N–H and O–H groups in total. The van der Waals surface area contributed by atoms with E-state index >= 15 is 0 Å². The molecule has 1 unspecified atom stereocenters. The van der Waals surface area contributed by atoms with Crippen molar-refractivity contribution in [3.05, 3.63) is 26.1 Å². The Morgan fingerprint density at radius 1 is 1.38 bits per heavy atom. The SMILES string of the molecule is Cc1cc(Br)c(NCC(O)CO)c(Br)c1C. The highest BCUT2D eigenvalue weighted by molar-refractivity contribution is 9.11. The van der Waals surface area contributed by atoms with Gasteiger partial charge in [0, 0.05) is 15.5 Å². The maximum absolute atomic E-state index is 9.28. The number of benzene rings is 1. The fourth-order valence-electron chi connectivity index (χ4n) is 1.28. The van der Waals surface area contributed by atoms with Crippen LogP contribution >= 0.6 is 31.9 Å². The molecule has 5 heteroatoms. The van der Waals surface area contributed by atoms with Gasteiger partial charge in [-0.1, -0.05) is 0 Å². The lowest BCUT2D eigenvalue weighted by atomic mass is 10.1. The lowest BCUT2D eigenvalue weighted by molar-refractivity contribution is 0.105. The van der Waals surface area contributed by atoms with E-state index in [-0.39, 0.29) is 6.61 Å². The van der Waals surface area contributed by atoms with Gasteiger partial charge in [0.1, 0.15) is 0 Å². The fourth-order valence-corrected chi connectivity index (χ4v) is 2.90. The summed E-state index contributed by atoms with van der Waals surface area (Å²) in [5, 5.41) is 21.1. The largest absolute Gasteiger partial charge is 0.394 e. The van der Waals surface area contributed by atoms with Gasteiger partial charge in [-0.15, -0.1) is 0 Å². The third-order valence-corrected chi connectivity index (χ3v) is 4.06. The highest BCUT2D eigenvalue weighted by Crippen LogP contribution is 2.35. The van der Waals surface area contributed by atoms with Crippen LogP contribution in [0.2, 0.25) is 0 Å². The minimum Gasteiger partial charge on any atom is -0.394 e. The zero-order chi connectivity index (χ0) is 12.3. The van der Waals surface area contributed by atoms with Crippen LogP contribution in [-0.2, 0) is 0 Å². The molecule has 0 radical (unpaired) electrons. The van der Waals surface area contributed by atoms with Crippen molar-refractivity contribution in [3.63, 3.8) is 0 Å². The standard InChI is InChI=1S/C11H15Br2NO2/c1-6-3-9(12)11(10(13)7(6)2)14-4-8(16)5-15/h3,8,14-16H,4-5H2,1-2H3. The molecule has 0 spiro atoms. The van der Waals surface area contributed by atoms with Crippen molar-refractivity contribution in [1.82, 2.24) is 0 Å². The van der Waals surface area contributed by atoms with Gasteiger partial charge in [0.05, 0.1) is 18.4 Å². The van der Waals surface area contributed by atoms with Gasteiger partial charge in [0.2, 0.25) is 0 Å². The normalized spacial score (nSPS) is 12.6. The Balaban J connectivity index is 2.92. The molecule has 1 rings (SSSR count). The number of nitrogens with one attached hydrogen (secondary N) is 1. The predicted octanol–water partition coefficient (Wildman–Crippen LogP) is 2.59. The average Bonchev–Trinajstić information content (AvgIpc) is 2.25. The van der Waals surface area contributed by atoms with Crippen LogP contribution in [0.15, 0.2) is 15.0 Å². The first-order chi connectivity index (χ1) is 7.47.